The third kappa shape index (κ3) is 5.97. The lowest BCUT2D eigenvalue weighted by atomic mass is 10.1. The first-order chi connectivity index (χ1) is 14.7. The number of hydrogen-bond donors (Lipinski definition) is 0. The smallest absolute Gasteiger partial charge is 0.338 e. The Bertz CT molecular complexity index is 1020. The van der Waals surface area contributed by atoms with Gasteiger partial charge in [0.15, 0.2) is 0 Å². The fourth-order valence-corrected chi connectivity index (χ4v) is 4.31. The van der Waals surface area contributed by atoms with E-state index in [0.717, 1.165) is 4.31 Å². The summed E-state index contributed by atoms with van der Waals surface area (Å²) in [6, 6.07) is 10.4. The number of esters is 2. The number of nitrogens with zero attached hydrogens (tertiary/aromatic N) is 1. The molecule has 0 aliphatic rings. The summed E-state index contributed by atoms with van der Waals surface area (Å²) in [7, 11) is -4.15. The summed E-state index contributed by atoms with van der Waals surface area (Å²) in [4.78, 5) is 24.4. The maximum absolute atomic E-state index is 13.5. The second-order valence-corrected chi connectivity index (χ2v) is 8.31. The van der Waals surface area contributed by atoms with E-state index in [2.05, 4.69) is 0 Å². The van der Waals surface area contributed by atoms with Gasteiger partial charge in [-0.05, 0) is 69.7 Å². The monoisotopic (exact) mass is 449 g/mol. The van der Waals surface area contributed by atoms with E-state index in [9.17, 15) is 18.0 Å². The zero-order valence-corrected chi connectivity index (χ0v) is 18.9. The predicted molar refractivity (Wildman–Crippen MR) is 116 cm³/mol. The Morgan fingerprint density at radius 1 is 0.903 bits per heavy atom. The Balaban J connectivity index is 2.56. The van der Waals surface area contributed by atoms with Gasteiger partial charge in [0.05, 0.1) is 36.0 Å². The van der Waals surface area contributed by atoms with Crippen LogP contribution in [0.15, 0.2) is 47.4 Å². The quantitative estimate of drug-likeness (QED) is 0.513. The lowest BCUT2D eigenvalue weighted by molar-refractivity contribution is -0.141. The third-order valence-corrected chi connectivity index (χ3v) is 6.06. The van der Waals surface area contributed by atoms with Crippen molar-refractivity contribution in [3.8, 4) is 5.75 Å². The largest absolute Gasteiger partial charge is 0.494 e. The first kappa shape index (κ1) is 24.2. The van der Waals surface area contributed by atoms with Crippen molar-refractivity contribution in [2.45, 2.75) is 32.6 Å². The number of benzene rings is 2. The van der Waals surface area contributed by atoms with Crippen molar-refractivity contribution in [2.24, 2.45) is 0 Å². The van der Waals surface area contributed by atoms with E-state index in [1.54, 1.807) is 45.0 Å². The van der Waals surface area contributed by atoms with Gasteiger partial charge in [-0.2, -0.15) is 0 Å². The molecule has 0 N–H and O–H groups in total. The molecular formula is C22H27NO7S. The Hall–Kier alpha value is -3.07. The van der Waals surface area contributed by atoms with E-state index < -0.39 is 28.5 Å². The molecule has 0 amide bonds. The highest BCUT2D eigenvalue weighted by Gasteiger charge is 2.29. The van der Waals surface area contributed by atoms with Crippen molar-refractivity contribution in [3.05, 3.63) is 53.6 Å². The molecule has 0 atom stereocenters. The molecule has 0 radical (unpaired) electrons. The summed E-state index contributed by atoms with van der Waals surface area (Å²) in [5.41, 5.74) is 0.928. The molecule has 0 unspecified atom stereocenters. The maximum Gasteiger partial charge on any atom is 0.338 e. The molecule has 0 saturated carbocycles. The van der Waals surface area contributed by atoms with E-state index in [-0.39, 0.29) is 29.4 Å². The van der Waals surface area contributed by atoms with Crippen LogP contribution in [0, 0.1) is 6.92 Å². The number of sulfonamides is 1. The Labute approximate surface area is 182 Å². The number of aryl methyl sites for hydroxylation is 1. The van der Waals surface area contributed by atoms with Gasteiger partial charge in [0, 0.05) is 0 Å². The molecular weight excluding hydrogens is 422 g/mol. The lowest BCUT2D eigenvalue weighted by Gasteiger charge is -2.25. The summed E-state index contributed by atoms with van der Waals surface area (Å²) < 4.78 is 43.2. The molecule has 9 heteroatoms. The topological polar surface area (TPSA) is 99.2 Å². The number of ether oxygens (including phenoxy) is 3. The molecule has 0 saturated heterocycles. The van der Waals surface area contributed by atoms with Gasteiger partial charge in [-0.25, -0.2) is 13.2 Å². The van der Waals surface area contributed by atoms with E-state index in [1.807, 2.05) is 6.92 Å². The first-order valence-corrected chi connectivity index (χ1v) is 11.4. The molecule has 168 valence electrons. The van der Waals surface area contributed by atoms with Crippen LogP contribution in [0.25, 0.3) is 0 Å². The molecule has 0 bridgehead atoms. The zero-order valence-electron chi connectivity index (χ0n) is 18.1. The molecule has 0 aliphatic heterocycles. The zero-order chi connectivity index (χ0) is 23.0. The number of hydrogen-bond acceptors (Lipinski definition) is 7. The van der Waals surface area contributed by atoms with Crippen LogP contribution < -0.4 is 9.04 Å². The van der Waals surface area contributed by atoms with Crippen LogP contribution in [0.1, 0.15) is 36.7 Å². The van der Waals surface area contributed by atoms with Crippen LogP contribution in [-0.4, -0.2) is 46.7 Å². The van der Waals surface area contributed by atoms with Gasteiger partial charge in [-0.15, -0.1) is 0 Å². The predicted octanol–water partition coefficient (Wildman–Crippen LogP) is 3.33. The molecule has 8 nitrogen and oxygen atoms in total. The van der Waals surface area contributed by atoms with Gasteiger partial charge in [0.2, 0.25) is 0 Å². The van der Waals surface area contributed by atoms with Crippen LogP contribution in [-0.2, 0) is 24.3 Å². The Morgan fingerprint density at radius 3 is 2.13 bits per heavy atom. The standard InChI is InChI=1S/C22H27NO7S/c1-5-28-18-10-12-19(13-11-18)31(26,27)23(15-21(24)29-6-2)20-14-17(9-8-16(20)4)22(25)30-7-3/h8-14H,5-7,15H2,1-4H3. The average Bonchev–Trinajstić information content (AvgIpc) is 2.73. The third-order valence-electron chi connectivity index (χ3n) is 4.29. The normalized spacial score (nSPS) is 11.0. The van der Waals surface area contributed by atoms with Crippen LogP contribution in [0.2, 0.25) is 0 Å². The summed E-state index contributed by atoms with van der Waals surface area (Å²) in [5.74, 6) is -0.768. The highest BCUT2D eigenvalue weighted by molar-refractivity contribution is 7.92. The second kappa shape index (κ2) is 10.8. The molecule has 0 heterocycles. The van der Waals surface area contributed by atoms with Crippen molar-refractivity contribution in [2.75, 3.05) is 30.7 Å². The summed E-state index contributed by atoms with van der Waals surface area (Å²) in [5, 5.41) is 0. The van der Waals surface area contributed by atoms with Gasteiger partial charge in [0.25, 0.3) is 10.0 Å². The van der Waals surface area contributed by atoms with Crippen molar-refractivity contribution in [1.82, 2.24) is 0 Å². The Morgan fingerprint density at radius 2 is 1.55 bits per heavy atom. The molecule has 0 aliphatic carbocycles. The minimum atomic E-state index is -4.15. The lowest BCUT2D eigenvalue weighted by Crippen LogP contribution is -2.37. The van der Waals surface area contributed by atoms with Gasteiger partial charge >= 0.3 is 11.9 Å². The van der Waals surface area contributed by atoms with Crippen LogP contribution >= 0.6 is 0 Å². The van der Waals surface area contributed by atoms with Crippen molar-refractivity contribution in [1.29, 1.82) is 0 Å². The molecule has 0 fully saturated rings. The number of rotatable bonds is 10. The van der Waals surface area contributed by atoms with E-state index in [0.29, 0.717) is 17.9 Å². The van der Waals surface area contributed by atoms with E-state index in [1.165, 1.54) is 18.2 Å². The van der Waals surface area contributed by atoms with Gasteiger partial charge < -0.3 is 14.2 Å². The molecule has 2 aromatic rings. The fraction of sp³-hybridized carbons (Fsp3) is 0.364. The number of carbonyl (C=O) groups excluding carboxylic acids is 2. The molecule has 0 aromatic heterocycles. The fourth-order valence-electron chi connectivity index (χ4n) is 2.84. The SMILES string of the molecule is CCOC(=O)CN(c1cc(C(=O)OCC)ccc1C)S(=O)(=O)c1ccc(OCC)cc1. The summed E-state index contributed by atoms with van der Waals surface area (Å²) in [6.45, 7) is 7.02. The van der Waals surface area contributed by atoms with Crippen LogP contribution in [0.5, 0.6) is 5.75 Å². The van der Waals surface area contributed by atoms with Crippen molar-refractivity contribution >= 4 is 27.6 Å². The summed E-state index contributed by atoms with van der Waals surface area (Å²) in [6.07, 6.45) is 0. The van der Waals surface area contributed by atoms with Crippen LogP contribution in [0.4, 0.5) is 5.69 Å². The Kier molecular flexibility index (Phi) is 8.44. The molecule has 2 aromatic carbocycles. The minimum Gasteiger partial charge on any atom is -0.494 e. The van der Waals surface area contributed by atoms with E-state index in [4.69, 9.17) is 14.2 Å². The minimum absolute atomic E-state index is 0.0267. The number of carbonyl (C=O) groups is 2. The average molecular weight is 450 g/mol. The highest BCUT2D eigenvalue weighted by Crippen LogP contribution is 2.29. The van der Waals surface area contributed by atoms with Crippen molar-refractivity contribution < 1.29 is 32.2 Å². The summed E-state index contributed by atoms with van der Waals surface area (Å²) >= 11 is 0. The maximum atomic E-state index is 13.5. The van der Waals surface area contributed by atoms with E-state index >= 15 is 0 Å². The molecule has 31 heavy (non-hydrogen) atoms. The second-order valence-electron chi connectivity index (χ2n) is 6.44. The first-order valence-electron chi connectivity index (χ1n) is 9.93. The molecule has 0 spiro atoms. The van der Waals surface area contributed by atoms with Gasteiger partial charge in [-0.3, -0.25) is 9.10 Å². The highest BCUT2D eigenvalue weighted by atomic mass is 32.2. The number of anilines is 1. The van der Waals surface area contributed by atoms with Gasteiger partial charge in [0.1, 0.15) is 12.3 Å². The van der Waals surface area contributed by atoms with Crippen molar-refractivity contribution in [3.63, 3.8) is 0 Å². The van der Waals surface area contributed by atoms with Crippen LogP contribution in [0.3, 0.4) is 0 Å². The van der Waals surface area contributed by atoms with Gasteiger partial charge in [-0.1, -0.05) is 6.07 Å². The molecule has 2 rings (SSSR count).